The van der Waals surface area contributed by atoms with E-state index >= 15 is 0 Å². The molecule has 0 radical (unpaired) electrons. The van der Waals surface area contributed by atoms with E-state index in [9.17, 15) is 9.18 Å². The number of allylic oxidation sites excluding steroid dienone is 1. The highest BCUT2D eigenvalue weighted by Gasteiger charge is 2.36. The van der Waals surface area contributed by atoms with Gasteiger partial charge >= 0.3 is 6.03 Å². The van der Waals surface area contributed by atoms with Crippen molar-refractivity contribution in [3.05, 3.63) is 106 Å². The van der Waals surface area contributed by atoms with E-state index < -0.39 is 11.9 Å². The first-order valence-electron chi connectivity index (χ1n) is 11.1. The van der Waals surface area contributed by atoms with Gasteiger partial charge in [0.05, 0.1) is 17.3 Å². The average molecular weight is 489 g/mol. The van der Waals surface area contributed by atoms with E-state index in [2.05, 4.69) is 15.5 Å². The third-order valence-corrected chi connectivity index (χ3v) is 6.43. The number of carbonyl (C=O) groups excluding carboxylic acids is 1. The van der Waals surface area contributed by atoms with Crippen molar-refractivity contribution in [2.45, 2.75) is 26.8 Å². The van der Waals surface area contributed by atoms with Gasteiger partial charge in [-0.2, -0.15) is 4.98 Å². The summed E-state index contributed by atoms with van der Waals surface area (Å²) in [6.07, 6.45) is 0. The smallest absolute Gasteiger partial charge is 0.326 e. The molecule has 1 N–H and O–H groups in total. The van der Waals surface area contributed by atoms with Crippen LogP contribution in [-0.2, 0) is 0 Å². The molecule has 2 amide bonds. The van der Waals surface area contributed by atoms with Crippen molar-refractivity contribution in [3.8, 4) is 11.4 Å². The molecule has 0 saturated carbocycles. The van der Waals surface area contributed by atoms with Crippen molar-refractivity contribution in [1.29, 1.82) is 0 Å². The number of nitrogens with zero attached hydrogens (tertiary/aromatic N) is 3. The number of amides is 2. The summed E-state index contributed by atoms with van der Waals surface area (Å²) in [4.78, 5) is 19.4. The van der Waals surface area contributed by atoms with Crippen LogP contribution in [0.1, 0.15) is 35.5 Å². The van der Waals surface area contributed by atoms with Crippen molar-refractivity contribution < 1.29 is 13.7 Å². The van der Waals surface area contributed by atoms with Crippen LogP contribution in [0.5, 0.6) is 0 Å². The van der Waals surface area contributed by atoms with E-state index in [1.165, 1.54) is 12.1 Å². The number of urea groups is 1. The molecular weight excluding hydrogens is 467 g/mol. The van der Waals surface area contributed by atoms with Gasteiger partial charge in [-0.15, -0.1) is 0 Å². The van der Waals surface area contributed by atoms with Crippen LogP contribution in [-0.4, -0.2) is 16.2 Å². The topological polar surface area (TPSA) is 71.3 Å². The number of benzene rings is 3. The fraction of sp³-hybridized carbons (Fsp3) is 0.148. The maximum absolute atomic E-state index is 13.8. The van der Waals surface area contributed by atoms with Crippen LogP contribution in [0.2, 0.25) is 5.02 Å². The van der Waals surface area contributed by atoms with Gasteiger partial charge in [0.2, 0.25) is 5.82 Å². The normalized spacial score (nSPS) is 16.0. The van der Waals surface area contributed by atoms with Gasteiger partial charge in [-0.3, -0.25) is 4.90 Å². The molecule has 4 aromatic rings. The van der Waals surface area contributed by atoms with Crippen LogP contribution < -0.4 is 10.2 Å². The van der Waals surface area contributed by atoms with Crippen LogP contribution in [0.15, 0.2) is 77.0 Å². The molecule has 1 aliphatic heterocycles. The molecule has 3 aromatic carbocycles. The van der Waals surface area contributed by atoms with Gasteiger partial charge in [0, 0.05) is 16.3 Å². The third-order valence-electron chi connectivity index (χ3n) is 6.17. The number of hydrogen-bond acceptors (Lipinski definition) is 4. The number of rotatable bonds is 4. The Morgan fingerprint density at radius 1 is 1.00 bits per heavy atom. The standard InChI is InChI=1S/C27H22ClFN4O2/c1-15-7-8-18(13-16(15)2)24-23(26-31-25(32-35-26)19-5-4-6-21(29)14-19)17(3)33(27(34)30-24)22-11-9-20(28)10-12-22/h4-14,24H,1-3H3,(H,30,34). The molecule has 1 aliphatic rings. The summed E-state index contributed by atoms with van der Waals surface area (Å²) in [6.45, 7) is 5.89. The zero-order valence-electron chi connectivity index (χ0n) is 19.3. The maximum atomic E-state index is 13.8. The van der Waals surface area contributed by atoms with Gasteiger partial charge in [-0.1, -0.05) is 47.1 Å². The maximum Gasteiger partial charge on any atom is 0.326 e. The number of carbonyl (C=O) groups is 1. The van der Waals surface area contributed by atoms with E-state index in [-0.39, 0.29) is 17.7 Å². The van der Waals surface area contributed by atoms with Crippen molar-refractivity contribution in [3.63, 3.8) is 0 Å². The second-order valence-electron chi connectivity index (χ2n) is 8.47. The molecule has 35 heavy (non-hydrogen) atoms. The molecule has 0 spiro atoms. The molecule has 6 nitrogen and oxygen atoms in total. The van der Waals surface area contributed by atoms with E-state index in [0.29, 0.717) is 27.5 Å². The Morgan fingerprint density at radius 3 is 2.49 bits per heavy atom. The van der Waals surface area contributed by atoms with Gasteiger partial charge in [0.1, 0.15) is 5.82 Å². The number of halogens is 2. The van der Waals surface area contributed by atoms with Gasteiger partial charge in [0.15, 0.2) is 0 Å². The minimum absolute atomic E-state index is 0.240. The number of hydrogen-bond donors (Lipinski definition) is 1. The highest BCUT2D eigenvalue weighted by Crippen LogP contribution is 2.39. The molecule has 0 fully saturated rings. The Labute approximate surface area is 207 Å². The van der Waals surface area contributed by atoms with E-state index in [0.717, 1.165) is 16.7 Å². The van der Waals surface area contributed by atoms with Gasteiger partial charge in [0.25, 0.3) is 5.89 Å². The molecule has 5 rings (SSSR count). The molecule has 0 aliphatic carbocycles. The minimum Gasteiger partial charge on any atom is -0.334 e. The Bertz CT molecular complexity index is 1460. The molecule has 8 heteroatoms. The minimum atomic E-state index is -0.522. The summed E-state index contributed by atoms with van der Waals surface area (Å²) in [7, 11) is 0. The van der Waals surface area contributed by atoms with Gasteiger partial charge in [-0.25, -0.2) is 9.18 Å². The largest absolute Gasteiger partial charge is 0.334 e. The molecule has 176 valence electrons. The summed E-state index contributed by atoms with van der Waals surface area (Å²) in [5, 5.41) is 7.75. The van der Waals surface area contributed by atoms with E-state index in [1.807, 2.05) is 39.0 Å². The number of anilines is 1. The molecule has 1 unspecified atom stereocenters. The summed E-state index contributed by atoms with van der Waals surface area (Å²) in [6, 6.07) is 18.2. The fourth-order valence-corrected chi connectivity index (χ4v) is 4.32. The van der Waals surface area contributed by atoms with Crippen LogP contribution >= 0.6 is 11.6 Å². The summed E-state index contributed by atoms with van der Waals surface area (Å²) in [5.74, 6) is 0.105. The van der Waals surface area contributed by atoms with Crippen molar-refractivity contribution in [2.24, 2.45) is 0 Å². The molecule has 0 bridgehead atoms. The zero-order chi connectivity index (χ0) is 24.7. The molecular formula is C27H22ClFN4O2. The third kappa shape index (κ3) is 4.31. The first-order chi connectivity index (χ1) is 16.8. The number of nitrogens with one attached hydrogen (secondary N) is 1. The summed E-state index contributed by atoms with van der Waals surface area (Å²) < 4.78 is 19.5. The van der Waals surface area contributed by atoms with Crippen LogP contribution in [0, 0.1) is 19.7 Å². The summed E-state index contributed by atoms with van der Waals surface area (Å²) in [5.41, 5.74) is 5.55. The Morgan fingerprint density at radius 2 is 1.77 bits per heavy atom. The highest BCUT2D eigenvalue weighted by molar-refractivity contribution is 6.30. The summed E-state index contributed by atoms with van der Waals surface area (Å²) >= 11 is 6.06. The van der Waals surface area contributed by atoms with E-state index in [1.54, 1.807) is 41.3 Å². The first-order valence-corrected chi connectivity index (χ1v) is 11.4. The molecule has 2 heterocycles. The highest BCUT2D eigenvalue weighted by atomic mass is 35.5. The lowest BCUT2D eigenvalue weighted by molar-refractivity contribution is 0.244. The van der Waals surface area contributed by atoms with Crippen molar-refractivity contribution >= 4 is 28.9 Å². The van der Waals surface area contributed by atoms with Crippen LogP contribution in [0.4, 0.5) is 14.9 Å². The fourth-order valence-electron chi connectivity index (χ4n) is 4.19. The lowest BCUT2D eigenvalue weighted by Crippen LogP contribution is -2.46. The lowest BCUT2D eigenvalue weighted by atomic mass is 9.92. The molecule has 1 aromatic heterocycles. The number of aromatic nitrogens is 2. The van der Waals surface area contributed by atoms with Gasteiger partial charge in [-0.05, 0) is 73.9 Å². The Hall–Kier alpha value is -3.97. The van der Waals surface area contributed by atoms with E-state index in [4.69, 9.17) is 16.1 Å². The van der Waals surface area contributed by atoms with Crippen LogP contribution in [0.25, 0.3) is 17.0 Å². The van der Waals surface area contributed by atoms with Crippen molar-refractivity contribution in [2.75, 3.05) is 4.90 Å². The second kappa shape index (κ2) is 9.00. The Kier molecular flexibility index (Phi) is 5.86. The molecule has 1 atom stereocenters. The number of aryl methyl sites for hydroxylation is 2. The van der Waals surface area contributed by atoms with Crippen molar-refractivity contribution in [1.82, 2.24) is 15.5 Å². The SMILES string of the molecule is CC1=C(c2nc(-c3cccc(F)c3)no2)C(c2ccc(C)c(C)c2)NC(=O)N1c1ccc(Cl)cc1. The Balaban J connectivity index is 1.67. The predicted molar refractivity (Wildman–Crippen MR) is 133 cm³/mol. The van der Waals surface area contributed by atoms with Crippen LogP contribution in [0.3, 0.4) is 0 Å². The lowest BCUT2D eigenvalue weighted by Gasteiger charge is -2.35. The zero-order valence-corrected chi connectivity index (χ0v) is 20.1. The van der Waals surface area contributed by atoms with Gasteiger partial charge < -0.3 is 9.84 Å². The second-order valence-corrected chi connectivity index (χ2v) is 8.91. The average Bonchev–Trinajstić information content (AvgIpc) is 3.31. The quantitative estimate of drug-likeness (QED) is 0.341. The monoisotopic (exact) mass is 488 g/mol. The molecule has 0 saturated heterocycles. The predicted octanol–water partition coefficient (Wildman–Crippen LogP) is 6.85. The first kappa shape index (κ1) is 22.8.